The maximum absolute atomic E-state index is 8.74. The van der Waals surface area contributed by atoms with E-state index in [-0.39, 0.29) is 92.3 Å². The van der Waals surface area contributed by atoms with Gasteiger partial charge >= 0.3 is 123 Å². The molecule has 0 aliphatic rings. The van der Waals surface area contributed by atoms with Gasteiger partial charge in [-0.25, -0.2) is 4.79 Å². The summed E-state index contributed by atoms with van der Waals surface area (Å²) in [6.45, 7) is 0. The van der Waals surface area contributed by atoms with Crippen molar-refractivity contribution >= 4 is 119 Å². The van der Waals surface area contributed by atoms with Gasteiger partial charge in [-0.1, -0.05) is 0 Å². The molecule has 4 N–H and O–H groups in total. The van der Waals surface area contributed by atoms with Gasteiger partial charge in [-0.15, -0.1) is 0 Å². The van der Waals surface area contributed by atoms with Crippen molar-refractivity contribution in [2.75, 3.05) is 0 Å². The molecule has 12 heteroatoms. The first kappa shape index (κ1) is 29.5. The van der Waals surface area contributed by atoms with E-state index in [2.05, 4.69) is 0 Å². The van der Waals surface area contributed by atoms with E-state index < -0.39 is 16.6 Å². The molecule has 0 radical (unpaired) electrons. The van der Waals surface area contributed by atoms with Crippen LogP contribution in [0.25, 0.3) is 0 Å². The molecule has 0 fully saturated rings. The Morgan fingerprint density at radius 3 is 1.15 bits per heavy atom. The second-order valence-corrected chi connectivity index (χ2v) is 1.63. The molecule has 0 aliphatic carbocycles. The summed E-state index contributed by atoms with van der Waals surface area (Å²) in [5.41, 5.74) is 0. The van der Waals surface area contributed by atoms with Crippen molar-refractivity contribution in [1.82, 2.24) is 0 Å². The molecule has 13 heavy (non-hydrogen) atoms. The average molecular weight is 386 g/mol. The van der Waals surface area contributed by atoms with Crippen LogP contribution in [0.15, 0.2) is 0 Å². The van der Waals surface area contributed by atoms with Crippen molar-refractivity contribution in [2.45, 2.75) is 0 Å². The Bertz CT molecular complexity index is 192. The first-order valence-electron chi connectivity index (χ1n) is 1.64. The molecule has 0 saturated carbocycles. The van der Waals surface area contributed by atoms with Crippen LogP contribution in [0.4, 0.5) is 4.79 Å². The second kappa shape index (κ2) is 19.8. The summed E-state index contributed by atoms with van der Waals surface area (Å²) >= 11 is 0.611. The van der Waals surface area contributed by atoms with Gasteiger partial charge in [0.2, 0.25) is 0 Å². The van der Waals surface area contributed by atoms with Crippen LogP contribution in [0, 0.1) is 0 Å². The Labute approximate surface area is 158 Å². The molecule has 0 aromatic carbocycles. The van der Waals surface area contributed by atoms with E-state index in [1.165, 1.54) is 0 Å². The van der Waals surface area contributed by atoms with E-state index in [1.54, 1.807) is 0 Å². The van der Waals surface area contributed by atoms with Gasteiger partial charge in [0, 0.05) is 0 Å². The van der Waals surface area contributed by atoms with E-state index in [9.17, 15) is 0 Å². The van der Waals surface area contributed by atoms with E-state index in [0.717, 1.165) is 0 Å². The predicted octanol–water partition coefficient (Wildman–Crippen LogP) is -1.51. The number of carboxylic acid groups (broad SMARTS) is 2. The minimum absolute atomic E-state index is 0. The van der Waals surface area contributed by atoms with E-state index in [1.807, 2.05) is 0 Å². The fraction of sp³-hybridized carbons (Fsp3) is 0. The third kappa shape index (κ3) is 408. The van der Waals surface area contributed by atoms with Gasteiger partial charge in [-0.05, 0) is 0 Å². The van der Waals surface area contributed by atoms with Crippen LogP contribution in [0.5, 0.6) is 0 Å². The summed E-state index contributed by atoms with van der Waals surface area (Å²) in [5, 5.41) is 13.9. The molecule has 0 atom stereocenters. The quantitative estimate of drug-likeness (QED) is 0.290. The normalized spacial score (nSPS) is 6.54. The first-order chi connectivity index (χ1) is 4.73. The topological polar surface area (TPSA) is 149 Å². The van der Waals surface area contributed by atoms with Gasteiger partial charge in [-0.2, -0.15) is 8.42 Å². The van der Waals surface area contributed by atoms with Gasteiger partial charge < -0.3 is 15.9 Å². The number of hydrogen-bond donors (Lipinski definition) is 4. The van der Waals surface area contributed by atoms with Crippen molar-refractivity contribution < 1.29 is 42.0 Å². The second-order valence-electron chi connectivity index (χ2n) is 0.730. The van der Waals surface area contributed by atoms with Crippen LogP contribution in [-0.4, -0.2) is 137 Å². The van der Waals surface area contributed by atoms with Crippen LogP contribution in [0.2, 0.25) is 0 Å². The summed E-state index contributed by atoms with van der Waals surface area (Å²) in [6, 6.07) is 0. The minimum atomic E-state index is -4.67. The summed E-state index contributed by atoms with van der Waals surface area (Å²) in [4.78, 5) is 8.56. The van der Waals surface area contributed by atoms with E-state index >= 15 is 0 Å². The van der Waals surface area contributed by atoms with Gasteiger partial charge in [-0.3, -0.25) is 9.11 Å². The molecule has 0 spiro atoms. The van der Waals surface area contributed by atoms with Crippen LogP contribution >= 0.6 is 0 Å². The monoisotopic (exact) mass is 386 g/mol. The molecule has 0 saturated heterocycles. The Balaban J connectivity index is -0.00000000721. The Morgan fingerprint density at radius 2 is 1.15 bits per heavy atom. The molecule has 0 bridgehead atoms. The van der Waals surface area contributed by atoms with Gasteiger partial charge in [0.1, 0.15) is 0 Å². The third-order valence-corrected chi connectivity index (χ3v) is 0. The number of carbonyl (C=O) groups is 1. The third-order valence-electron chi connectivity index (χ3n) is 0. The fourth-order valence-electron chi connectivity index (χ4n) is 0. The SMILES string of the molecule is O=C(O)O.O=S(=O)(O)O.[Ba+2].[Ca+2].[H-].[H-].[H-].[H-].[O]=[AlH]. The molecule has 0 amide bonds. The average Bonchev–Trinajstić information content (AvgIpc) is 1.63. The zero-order valence-corrected chi connectivity index (χ0v) is 15.3. The Morgan fingerprint density at radius 1 is 1.15 bits per heavy atom. The van der Waals surface area contributed by atoms with Crippen LogP contribution in [0.3, 0.4) is 0 Å². The number of rotatable bonds is 0. The van der Waals surface area contributed by atoms with Crippen molar-refractivity contribution in [2.24, 2.45) is 0 Å². The summed E-state index contributed by atoms with van der Waals surface area (Å²) in [6.07, 6.45) is -1.83. The molecule has 0 aliphatic heterocycles. The first-order valence-corrected chi connectivity index (χ1v) is 3.61. The predicted molar refractivity (Wildman–Crippen MR) is 48.6 cm³/mol. The summed E-state index contributed by atoms with van der Waals surface area (Å²) in [5.74, 6) is 0. The standard InChI is InChI=1S/CH2O3.Al.Ba.Ca.H2O4S.O.5H/c2-1(3)4;;;;1-5(2,3)4;;;;;;/h(H2,2,3,4);;;;(H2,1,2,3,4);;;;;;/q;;2*+2;;;;4*-1. The molecule has 0 aromatic heterocycles. The molecular weight excluding hydrogens is 376 g/mol. The zero-order chi connectivity index (χ0) is 10.1. The molecule has 0 heterocycles. The summed E-state index contributed by atoms with van der Waals surface area (Å²) < 4.78 is 39.9. The Hall–Kier alpha value is 2.30. The molecule has 0 rings (SSSR count). The Kier molecular flexibility index (Phi) is 44.9. The van der Waals surface area contributed by atoms with Crippen LogP contribution in [0.1, 0.15) is 5.71 Å². The van der Waals surface area contributed by atoms with Gasteiger partial charge in [0.15, 0.2) is 0 Å². The molecule has 0 unspecified atom stereocenters. The number of hydrogen-bond acceptors (Lipinski definition) is 4. The zero-order valence-electron chi connectivity index (χ0n) is 10.5. The molecule has 0 aromatic rings. The molecule has 8 nitrogen and oxygen atoms in total. The van der Waals surface area contributed by atoms with Gasteiger partial charge in [0.25, 0.3) is 0 Å². The van der Waals surface area contributed by atoms with Gasteiger partial charge in [0.05, 0.1) is 0 Å². The van der Waals surface area contributed by atoms with Crippen molar-refractivity contribution in [3.8, 4) is 0 Å². The van der Waals surface area contributed by atoms with Crippen molar-refractivity contribution in [3.63, 3.8) is 0 Å². The van der Waals surface area contributed by atoms with Crippen LogP contribution < -0.4 is 0 Å². The van der Waals surface area contributed by atoms with Crippen LogP contribution in [-0.2, 0) is 14.2 Å². The van der Waals surface area contributed by atoms with Crippen molar-refractivity contribution in [1.29, 1.82) is 0 Å². The van der Waals surface area contributed by atoms with E-state index in [4.69, 9.17) is 36.3 Å². The molecular formula is CH9AlBaCaO8S. The van der Waals surface area contributed by atoms with Crippen molar-refractivity contribution in [3.05, 3.63) is 0 Å². The molecule has 74 valence electrons. The fourth-order valence-corrected chi connectivity index (χ4v) is 0. The maximum atomic E-state index is 8.74. The summed E-state index contributed by atoms with van der Waals surface area (Å²) in [7, 11) is -4.67. The van der Waals surface area contributed by atoms with E-state index in [0.29, 0.717) is 16.2 Å².